The number of hydrogen-bond acceptors (Lipinski definition) is 4. The van der Waals surface area contributed by atoms with E-state index in [1.54, 1.807) is 0 Å². The Hall–Kier alpha value is 0.320. The molecule has 1 saturated heterocycles. The summed E-state index contributed by atoms with van der Waals surface area (Å²) in [7, 11) is 0. The first-order valence-corrected chi connectivity index (χ1v) is 4.50. The molecule has 4 atom stereocenters. The first-order valence-electron chi connectivity index (χ1n) is 3.38. The molecule has 0 saturated carbocycles. The van der Waals surface area contributed by atoms with Crippen LogP contribution in [0.2, 0.25) is 0 Å². The zero-order valence-electron chi connectivity index (χ0n) is 5.85. The first-order chi connectivity index (χ1) is 5.16. The van der Waals surface area contributed by atoms with Gasteiger partial charge in [-0.05, 0) is 0 Å². The average Bonchev–Trinajstić information content (AvgIpc) is 2.32. The molecule has 11 heavy (non-hydrogen) atoms. The number of halogens is 1. The van der Waals surface area contributed by atoms with Gasteiger partial charge in [0.15, 0.2) is 0 Å². The molecule has 4 nitrogen and oxygen atoms in total. The van der Waals surface area contributed by atoms with Gasteiger partial charge in [-0.3, -0.25) is 0 Å². The third-order valence-corrected chi connectivity index (χ3v) is 2.39. The van der Waals surface area contributed by atoms with Crippen molar-refractivity contribution >= 4 is 15.9 Å². The van der Waals surface area contributed by atoms with Crippen molar-refractivity contribution in [3.63, 3.8) is 0 Å². The van der Waals surface area contributed by atoms with Crippen molar-refractivity contribution in [1.82, 2.24) is 0 Å². The van der Waals surface area contributed by atoms with Crippen molar-refractivity contribution in [2.24, 2.45) is 0 Å². The van der Waals surface area contributed by atoms with Gasteiger partial charge >= 0.3 is 0 Å². The molecule has 1 heterocycles. The monoisotopic (exact) mass is 226 g/mol. The van der Waals surface area contributed by atoms with Crippen LogP contribution in [0, 0.1) is 0 Å². The van der Waals surface area contributed by atoms with E-state index in [0.717, 1.165) is 0 Å². The standard InChI is InChI=1S/C6H11BrO4/c7-1-3(8)6-5(10)4(9)2-11-6/h3-6,8-10H,1-2H2/t3-,4+,5-,6+/m0/s1. The molecule has 0 aromatic rings. The van der Waals surface area contributed by atoms with Crippen molar-refractivity contribution in [3.05, 3.63) is 0 Å². The molecule has 1 rings (SSSR count). The van der Waals surface area contributed by atoms with Gasteiger partial charge in [0.1, 0.15) is 18.3 Å². The van der Waals surface area contributed by atoms with Crippen molar-refractivity contribution in [2.75, 3.05) is 11.9 Å². The average molecular weight is 227 g/mol. The summed E-state index contributed by atoms with van der Waals surface area (Å²) in [4.78, 5) is 0. The fraction of sp³-hybridized carbons (Fsp3) is 1.00. The predicted octanol–water partition coefficient (Wildman–Crippen LogP) is -1.14. The van der Waals surface area contributed by atoms with Crippen molar-refractivity contribution in [3.8, 4) is 0 Å². The van der Waals surface area contributed by atoms with Gasteiger partial charge in [-0.25, -0.2) is 0 Å². The highest BCUT2D eigenvalue weighted by Gasteiger charge is 2.38. The quantitative estimate of drug-likeness (QED) is 0.522. The minimum Gasteiger partial charge on any atom is -0.389 e. The molecule has 1 fully saturated rings. The predicted molar refractivity (Wildman–Crippen MR) is 41.6 cm³/mol. The van der Waals surface area contributed by atoms with Gasteiger partial charge in [0.05, 0.1) is 12.7 Å². The van der Waals surface area contributed by atoms with Crippen LogP contribution in [0.25, 0.3) is 0 Å². The summed E-state index contributed by atoms with van der Waals surface area (Å²) in [6.07, 6.45) is -3.26. The second-order valence-electron chi connectivity index (χ2n) is 2.58. The van der Waals surface area contributed by atoms with Gasteiger partial charge < -0.3 is 20.1 Å². The molecule has 0 bridgehead atoms. The molecule has 0 aromatic carbocycles. The summed E-state index contributed by atoms with van der Waals surface area (Å²) in [5.74, 6) is 0. The maximum Gasteiger partial charge on any atom is 0.113 e. The largest absolute Gasteiger partial charge is 0.389 e. The summed E-state index contributed by atoms with van der Waals surface area (Å²) in [6, 6.07) is 0. The van der Waals surface area contributed by atoms with E-state index >= 15 is 0 Å². The summed E-state index contributed by atoms with van der Waals surface area (Å²) in [6.45, 7) is 0.0931. The van der Waals surface area contributed by atoms with E-state index in [1.807, 2.05) is 0 Å². The zero-order valence-corrected chi connectivity index (χ0v) is 7.44. The SMILES string of the molecule is O[C@@H]1[C@@H]([C@@H](O)CBr)OC[C@H]1O. The summed E-state index contributed by atoms with van der Waals surface area (Å²) in [5, 5.41) is 27.8. The lowest BCUT2D eigenvalue weighted by atomic mass is 10.1. The Morgan fingerprint density at radius 3 is 2.55 bits per heavy atom. The first kappa shape index (κ1) is 9.41. The smallest absolute Gasteiger partial charge is 0.113 e. The highest BCUT2D eigenvalue weighted by molar-refractivity contribution is 9.09. The minimum absolute atomic E-state index is 0.0931. The fourth-order valence-corrected chi connectivity index (χ4v) is 1.42. The van der Waals surface area contributed by atoms with Gasteiger partial charge in [-0.2, -0.15) is 0 Å². The molecule has 0 aromatic heterocycles. The van der Waals surface area contributed by atoms with Gasteiger partial charge in [0.2, 0.25) is 0 Å². The lowest BCUT2D eigenvalue weighted by Gasteiger charge is -2.18. The van der Waals surface area contributed by atoms with Crippen LogP contribution < -0.4 is 0 Å². The molecule has 1 aliphatic heterocycles. The van der Waals surface area contributed by atoms with Crippen LogP contribution in [0.15, 0.2) is 0 Å². The fourth-order valence-electron chi connectivity index (χ4n) is 1.05. The number of ether oxygens (including phenoxy) is 1. The van der Waals surface area contributed by atoms with Gasteiger partial charge in [0.25, 0.3) is 0 Å². The molecule has 0 aliphatic carbocycles. The molecular formula is C6H11BrO4. The molecule has 66 valence electrons. The van der Waals surface area contributed by atoms with Crippen LogP contribution in [-0.4, -0.2) is 51.7 Å². The van der Waals surface area contributed by atoms with Crippen LogP contribution in [0.3, 0.4) is 0 Å². The van der Waals surface area contributed by atoms with E-state index in [9.17, 15) is 10.2 Å². The van der Waals surface area contributed by atoms with Crippen LogP contribution in [0.4, 0.5) is 0 Å². The maximum atomic E-state index is 9.20. The molecule has 0 unspecified atom stereocenters. The molecular weight excluding hydrogens is 216 g/mol. The number of hydrogen-bond donors (Lipinski definition) is 3. The number of alkyl halides is 1. The molecule has 0 amide bonds. The summed E-state index contributed by atoms with van der Waals surface area (Å²) < 4.78 is 4.95. The van der Waals surface area contributed by atoms with Gasteiger partial charge in [0, 0.05) is 5.33 Å². The zero-order chi connectivity index (χ0) is 8.43. The highest BCUT2D eigenvalue weighted by atomic mass is 79.9. The Labute approximate surface area is 72.9 Å². The Morgan fingerprint density at radius 2 is 2.18 bits per heavy atom. The van der Waals surface area contributed by atoms with Crippen LogP contribution in [-0.2, 0) is 4.74 Å². The highest BCUT2D eigenvalue weighted by Crippen LogP contribution is 2.18. The molecule has 0 radical (unpaired) electrons. The number of aliphatic hydroxyl groups excluding tert-OH is 3. The van der Waals surface area contributed by atoms with Gasteiger partial charge in [-0.1, -0.05) is 15.9 Å². The van der Waals surface area contributed by atoms with E-state index < -0.39 is 24.4 Å². The second kappa shape index (κ2) is 3.82. The third-order valence-electron chi connectivity index (χ3n) is 1.73. The minimum atomic E-state index is -0.970. The number of aliphatic hydroxyl groups is 3. The van der Waals surface area contributed by atoms with Crippen LogP contribution in [0.1, 0.15) is 0 Å². The van der Waals surface area contributed by atoms with Crippen molar-refractivity contribution in [2.45, 2.75) is 24.4 Å². The Balaban J connectivity index is 2.47. The van der Waals surface area contributed by atoms with E-state index in [4.69, 9.17) is 9.84 Å². The molecule has 3 N–H and O–H groups in total. The van der Waals surface area contributed by atoms with E-state index in [-0.39, 0.29) is 6.61 Å². The van der Waals surface area contributed by atoms with E-state index in [0.29, 0.717) is 5.33 Å². The summed E-state index contributed by atoms with van der Waals surface area (Å²) >= 11 is 3.05. The molecule has 5 heteroatoms. The van der Waals surface area contributed by atoms with E-state index in [2.05, 4.69) is 15.9 Å². The Kier molecular flexibility index (Phi) is 3.27. The normalized spacial score (nSPS) is 40.9. The topological polar surface area (TPSA) is 69.9 Å². The van der Waals surface area contributed by atoms with Gasteiger partial charge in [-0.15, -0.1) is 0 Å². The lowest BCUT2D eigenvalue weighted by molar-refractivity contribution is -0.0407. The second-order valence-corrected chi connectivity index (χ2v) is 3.23. The number of rotatable bonds is 2. The summed E-state index contributed by atoms with van der Waals surface area (Å²) in [5.41, 5.74) is 0. The molecule has 0 spiro atoms. The Morgan fingerprint density at radius 1 is 1.55 bits per heavy atom. The maximum absolute atomic E-state index is 9.20. The molecule has 1 aliphatic rings. The third kappa shape index (κ3) is 1.91. The lowest BCUT2D eigenvalue weighted by Crippen LogP contribution is -2.39. The van der Waals surface area contributed by atoms with E-state index in [1.165, 1.54) is 0 Å². The van der Waals surface area contributed by atoms with Crippen molar-refractivity contribution < 1.29 is 20.1 Å². The van der Waals surface area contributed by atoms with Crippen molar-refractivity contribution in [1.29, 1.82) is 0 Å². The van der Waals surface area contributed by atoms with Crippen LogP contribution in [0.5, 0.6) is 0 Å². The van der Waals surface area contributed by atoms with Crippen LogP contribution >= 0.6 is 15.9 Å². The Bertz CT molecular complexity index is 132.